The molecule has 0 fully saturated rings. The van der Waals surface area contributed by atoms with E-state index in [1.54, 1.807) is 23.3 Å². The van der Waals surface area contributed by atoms with E-state index < -0.39 is 0 Å². The molecule has 4 rings (SSSR count). The molecule has 1 amide bonds. The van der Waals surface area contributed by atoms with Gasteiger partial charge < -0.3 is 5.32 Å². The van der Waals surface area contributed by atoms with E-state index in [1.165, 1.54) is 11.1 Å². The highest BCUT2D eigenvalue weighted by Gasteiger charge is 2.19. The monoisotopic (exact) mass is 382 g/mol. The molecule has 144 valence electrons. The Hall–Kier alpha value is -3.73. The zero-order valence-corrected chi connectivity index (χ0v) is 16.5. The number of benzene rings is 2. The van der Waals surface area contributed by atoms with Crippen molar-refractivity contribution in [2.45, 2.75) is 20.4 Å². The first kappa shape index (κ1) is 18.6. The van der Waals surface area contributed by atoms with E-state index in [9.17, 15) is 4.79 Å². The summed E-state index contributed by atoms with van der Waals surface area (Å²) in [6.45, 7) is 4.57. The summed E-state index contributed by atoms with van der Waals surface area (Å²) < 4.78 is 1.76. The maximum absolute atomic E-state index is 13.0. The fourth-order valence-electron chi connectivity index (χ4n) is 3.13. The molecule has 0 saturated heterocycles. The summed E-state index contributed by atoms with van der Waals surface area (Å²) in [5.41, 5.74) is 6.43. The van der Waals surface area contributed by atoms with Crippen LogP contribution in [0.1, 0.15) is 27.0 Å². The second-order valence-corrected chi connectivity index (χ2v) is 7.01. The highest BCUT2D eigenvalue weighted by Crippen LogP contribution is 2.26. The summed E-state index contributed by atoms with van der Waals surface area (Å²) in [5.74, 6) is -0.155. The lowest BCUT2D eigenvalue weighted by Gasteiger charge is -2.07. The van der Waals surface area contributed by atoms with Gasteiger partial charge in [0.05, 0.1) is 11.3 Å². The molecule has 0 bridgehead atoms. The third kappa shape index (κ3) is 4.09. The number of carbonyl (C=O) groups excluding carboxylic acids is 1. The molecular formula is C24H22N4O. The predicted molar refractivity (Wildman–Crippen MR) is 114 cm³/mol. The molecule has 0 unspecified atom stereocenters. The SMILES string of the molecule is Cc1ccc(-c2nn(-c3ccccc3)cc2C(=O)NCc2ccncc2)cc1C. The van der Waals surface area contributed by atoms with Gasteiger partial charge in [-0.2, -0.15) is 5.10 Å². The van der Waals surface area contributed by atoms with Gasteiger partial charge in [-0.1, -0.05) is 30.3 Å². The van der Waals surface area contributed by atoms with Crippen molar-refractivity contribution < 1.29 is 4.79 Å². The molecule has 2 heterocycles. The van der Waals surface area contributed by atoms with Crippen molar-refractivity contribution in [3.63, 3.8) is 0 Å². The first-order valence-electron chi connectivity index (χ1n) is 9.51. The molecular weight excluding hydrogens is 360 g/mol. The number of aromatic nitrogens is 3. The molecule has 4 aromatic rings. The zero-order valence-electron chi connectivity index (χ0n) is 16.5. The number of hydrogen-bond acceptors (Lipinski definition) is 3. The predicted octanol–water partition coefficient (Wildman–Crippen LogP) is 4.48. The molecule has 2 aromatic carbocycles. The summed E-state index contributed by atoms with van der Waals surface area (Å²) in [6.07, 6.45) is 5.23. The number of nitrogens with one attached hydrogen (secondary N) is 1. The van der Waals surface area contributed by atoms with E-state index >= 15 is 0 Å². The molecule has 0 saturated carbocycles. The maximum atomic E-state index is 13.0. The summed E-state index contributed by atoms with van der Waals surface area (Å²) in [6, 6.07) is 19.7. The number of para-hydroxylation sites is 1. The van der Waals surface area contributed by atoms with Crippen LogP contribution in [-0.2, 0) is 6.54 Å². The van der Waals surface area contributed by atoms with Crippen molar-refractivity contribution >= 4 is 5.91 Å². The molecule has 5 heteroatoms. The van der Waals surface area contributed by atoms with E-state index in [-0.39, 0.29) is 5.91 Å². The van der Waals surface area contributed by atoms with Crippen LogP contribution >= 0.6 is 0 Å². The second-order valence-electron chi connectivity index (χ2n) is 7.01. The van der Waals surface area contributed by atoms with Gasteiger partial charge in [-0.15, -0.1) is 0 Å². The van der Waals surface area contributed by atoms with Gasteiger partial charge in [0, 0.05) is 30.7 Å². The Labute approximate surface area is 170 Å². The molecule has 1 N–H and O–H groups in total. The highest BCUT2D eigenvalue weighted by molar-refractivity contribution is 6.00. The van der Waals surface area contributed by atoms with Crippen LogP contribution < -0.4 is 5.32 Å². The summed E-state index contributed by atoms with van der Waals surface area (Å²) in [7, 11) is 0. The summed E-state index contributed by atoms with van der Waals surface area (Å²) in [4.78, 5) is 17.0. The fourth-order valence-corrected chi connectivity index (χ4v) is 3.13. The van der Waals surface area contributed by atoms with E-state index in [0.717, 1.165) is 16.8 Å². The Bertz CT molecular complexity index is 1130. The third-order valence-corrected chi connectivity index (χ3v) is 4.96. The van der Waals surface area contributed by atoms with Gasteiger partial charge in [-0.05, 0) is 60.9 Å². The smallest absolute Gasteiger partial charge is 0.255 e. The molecule has 0 atom stereocenters. The second kappa shape index (κ2) is 8.10. The first-order valence-corrected chi connectivity index (χ1v) is 9.51. The van der Waals surface area contributed by atoms with Gasteiger partial charge in [0.2, 0.25) is 0 Å². The topological polar surface area (TPSA) is 59.8 Å². The molecule has 0 aliphatic rings. The molecule has 2 aromatic heterocycles. The van der Waals surface area contributed by atoms with Crippen molar-refractivity contribution in [1.82, 2.24) is 20.1 Å². The van der Waals surface area contributed by atoms with Crippen LogP contribution in [0.3, 0.4) is 0 Å². The third-order valence-electron chi connectivity index (χ3n) is 4.96. The van der Waals surface area contributed by atoms with Crippen LogP contribution in [0, 0.1) is 13.8 Å². The number of hydrogen-bond donors (Lipinski definition) is 1. The highest BCUT2D eigenvalue weighted by atomic mass is 16.1. The van der Waals surface area contributed by atoms with E-state index in [0.29, 0.717) is 17.8 Å². The standard InChI is InChI=1S/C24H22N4O/c1-17-8-9-20(14-18(17)2)23-22(16-28(27-23)21-6-4-3-5-7-21)24(29)26-15-19-10-12-25-13-11-19/h3-14,16H,15H2,1-2H3,(H,26,29). The van der Waals surface area contributed by atoms with Gasteiger partial charge in [0.1, 0.15) is 5.69 Å². The van der Waals surface area contributed by atoms with Gasteiger partial charge >= 0.3 is 0 Å². The van der Waals surface area contributed by atoms with E-state index in [4.69, 9.17) is 5.10 Å². The number of carbonyl (C=O) groups is 1. The average Bonchev–Trinajstić information content (AvgIpc) is 3.21. The lowest BCUT2D eigenvalue weighted by Crippen LogP contribution is -2.23. The van der Waals surface area contributed by atoms with Crippen LogP contribution in [0.2, 0.25) is 0 Å². The number of aryl methyl sites for hydroxylation is 2. The fraction of sp³-hybridized carbons (Fsp3) is 0.125. The van der Waals surface area contributed by atoms with Gasteiger partial charge in [-0.3, -0.25) is 9.78 Å². The van der Waals surface area contributed by atoms with Crippen LogP contribution in [-0.4, -0.2) is 20.7 Å². The Morgan fingerprint density at radius 3 is 2.45 bits per heavy atom. The van der Waals surface area contributed by atoms with E-state index in [1.807, 2.05) is 48.5 Å². The Balaban J connectivity index is 1.71. The molecule has 29 heavy (non-hydrogen) atoms. The number of rotatable bonds is 5. The van der Waals surface area contributed by atoms with E-state index in [2.05, 4.69) is 36.3 Å². The lowest BCUT2D eigenvalue weighted by atomic mass is 10.0. The van der Waals surface area contributed by atoms with Crippen molar-refractivity contribution in [2.24, 2.45) is 0 Å². The Morgan fingerprint density at radius 2 is 1.72 bits per heavy atom. The van der Waals surface area contributed by atoms with Crippen LogP contribution in [0.25, 0.3) is 16.9 Å². The quantitative estimate of drug-likeness (QED) is 0.554. The van der Waals surface area contributed by atoms with Gasteiger partial charge in [-0.25, -0.2) is 4.68 Å². The Kier molecular flexibility index (Phi) is 5.20. The number of nitrogens with zero attached hydrogens (tertiary/aromatic N) is 3. The van der Waals surface area contributed by atoms with Crippen LogP contribution in [0.4, 0.5) is 0 Å². The van der Waals surface area contributed by atoms with Crippen LogP contribution in [0.5, 0.6) is 0 Å². The average molecular weight is 382 g/mol. The normalized spacial score (nSPS) is 10.7. The minimum absolute atomic E-state index is 0.155. The van der Waals surface area contributed by atoms with Crippen molar-refractivity contribution in [3.8, 4) is 16.9 Å². The zero-order chi connectivity index (χ0) is 20.2. The maximum Gasteiger partial charge on any atom is 0.255 e. The van der Waals surface area contributed by atoms with Crippen molar-refractivity contribution in [1.29, 1.82) is 0 Å². The minimum Gasteiger partial charge on any atom is -0.348 e. The largest absolute Gasteiger partial charge is 0.348 e. The first-order chi connectivity index (χ1) is 14.1. The lowest BCUT2D eigenvalue weighted by molar-refractivity contribution is 0.0951. The van der Waals surface area contributed by atoms with Gasteiger partial charge in [0.15, 0.2) is 0 Å². The van der Waals surface area contributed by atoms with Crippen LogP contribution in [0.15, 0.2) is 79.3 Å². The molecule has 0 aliphatic carbocycles. The summed E-state index contributed by atoms with van der Waals surface area (Å²) >= 11 is 0. The number of pyridine rings is 1. The molecule has 5 nitrogen and oxygen atoms in total. The molecule has 0 spiro atoms. The molecule has 0 aliphatic heterocycles. The Morgan fingerprint density at radius 1 is 0.966 bits per heavy atom. The molecule has 0 radical (unpaired) electrons. The van der Waals surface area contributed by atoms with Gasteiger partial charge in [0.25, 0.3) is 5.91 Å². The number of amides is 1. The summed E-state index contributed by atoms with van der Waals surface area (Å²) in [5, 5.41) is 7.74. The van der Waals surface area contributed by atoms with Crippen molar-refractivity contribution in [3.05, 3.63) is 102 Å². The minimum atomic E-state index is -0.155. The van der Waals surface area contributed by atoms with Crippen molar-refractivity contribution in [2.75, 3.05) is 0 Å².